The van der Waals surface area contributed by atoms with Gasteiger partial charge in [0, 0.05) is 18.5 Å². The van der Waals surface area contributed by atoms with Crippen molar-refractivity contribution >= 4 is 0 Å². The molecule has 5 heteroatoms. The lowest BCUT2D eigenvalue weighted by Gasteiger charge is -2.06. The van der Waals surface area contributed by atoms with Crippen LogP contribution in [0.15, 0.2) is 18.3 Å². The zero-order chi connectivity index (χ0) is 10.6. The lowest BCUT2D eigenvalue weighted by molar-refractivity contribution is -0.137. The Kier molecular flexibility index (Phi) is 3.46. The van der Waals surface area contributed by atoms with Gasteiger partial charge in [0.05, 0.1) is 5.56 Å². The number of aryl methyl sites for hydroxylation is 1. The van der Waals surface area contributed by atoms with Crippen LogP contribution in [0.3, 0.4) is 0 Å². The van der Waals surface area contributed by atoms with Crippen molar-refractivity contribution in [2.24, 2.45) is 0 Å². The summed E-state index contributed by atoms with van der Waals surface area (Å²) in [7, 11) is 0. The zero-order valence-corrected chi connectivity index (χ0v) is 7.38. The van der Waals surface area contributed by atoms with Gasteiger partial charge in [0.1, 0.15) is 0 Å². The molecule has 0 atom stereocenters. The number of aromatic nitrogens is 1. The van der Waals surface area contributed by atoms with Gasteiger partial charge in [-0.3, -0.25) is 4.98 Å². The number of hydrogen-bond acceptors (Lipinski definition) is 2. The molecule has 1 heterocycles. The van der Waals surface area contributed by atoms with E-state index >= 15 is 0 Å². The van der Waals surface area contributed by atoms with Gasteiger partial charge in [-0.15, -0.1) is 0 Å². The second-order valence-electron chi connectivity index (χ2n) is 2.86. The highest BCUT2D eigenvalue weighted by Crippen LogP contribution is 2.28. The average molecular weight is 205 g/mol. The molecule has 1 aromatic heterocycles. The highest BCUT2D eigenvalue weighted by Gasteiger charge is 2.30. The van der Waals surface area contributed by atoms with Crippen molar-refractivity contribution in [1.82, 2.24) is 4.98 Å². The molecule has 0 aliphatic carbocycles. The maximum atomic E-state index is 12.1. The lowest BCUT2D eigenvalue weighted by Crippen LogP contribution is -2.06. The predicted molar refractivity (Wildman–Crippen MR) is 44.6 cm³/mol. The van der Waals surface area contributed by atoms with Crippen LogP contribution in [-0.2, 0) is 12.6 Å². The number of halogens is 3. The first-order valence-corrected chi connectivity index (χ1v) is 4.17. The molecular formula is C9H10F3NO. The zero-order valence-electron chi connectivity index (χ0n) is 7.38. The Bertz CT molecular complexity index is 281. The Balaban J connectivity index is 2.69. The molecule has 0 unspecified atom stereocenters. The average Bonchev–Trinajstić information content (AvgIpc) is 2.14. The summed E-state index contributed by atoms with van der Waals surface area (Å²) in [6, 6.07) is 2.33. The first-order chi connectivity index (χ1) is 6.54. The molecule has 1 rings (SSSR count). The fraction of sp³-hybridized carbons (Fsp3) is 0.444. The number of alkyl halides is 3. The first kappa shape index (κ1) is 11.0. The maximum absolute atomic E-state index is 12.1. The summed E-state index contributed by atoms with van der Waals surface area (Å²) < 4.78 is 36.3. The molecule has 0 aromatic carbocycles. The van der Waals surface area contributed by atoms with Crippen molar-refractivity contribution in [3.63, 3.8) is 0 Å². The van der Waals surface area contributed by atoms with Crippen LogP contribution in [-0.4, -0.2) is 16.7 Å². The highest BCUT2D eigenvalue weighted by atomic mass is 19.4. The van der Waals surface area contributed by atoms with Crippen molar-refractivity contribution in [3.8, 4) is 0 Å². The third kappa shape index (κ3) is 2.99. The topological polar surface area (TPSA) is 33.1 Å². The third-order valence-corrected chi connectivity index (χ3v) is 1.74. The van der Waals surface area contributed by atoms with Crippen molar-refractivity contribution < 1.29 is 18.3 Å². The fourth-order valence-corrected chi connectivity index (χ4v) is 1.00. The monoisotopic (exact) mass is 205 g/mol. The first-order valence-electron chi connectivity index (χ1n) is 4.17. The van der Waals surface area contributed by atoms with Gasteiger partial charge in [0.2, 0.25) is 0 Å². The molecule has 0 fully saturated rings. The minimum absolute atomic E-state index is 0.0166. The molecule has 0 bridgehead atoms. The molecule has 78 valence electrons. The van der Waals surface area contributed by atoms with E-state index in [9.17, 15) is 13.2 Å². The molecule has 1 aromatic rings. The Morgan fingerprint density at radius 2 is 2.00 bits per heavy atom. The minimum Gasteiger partial charge on any atom is -0.396 e. The molecule has 2 nitrogen and oxygen atoms in total. The summed E-state index contributed by atoms with van der Waals surface area (Å²) in [5.74, 6) is 0. The molecule has 0 amide bonds. The molecular weight excluding hydrogens is 195 g/mol. The Morgan fingerprint density at radius 3 is 2.43 bits per heavy atom. The predicted octanol–water partition coefficient (Wildman–Crippen LogP) is 2.03. The second kappa shape index (κ2) is 4.41. The van der Waals surface area contributed by atoms with Crippen LogP contribution in [0.4, 0.5) is 13.2 Å². The van der Waals surface area contributed by atoms with Gasteiger partial charge in [0.25, 0.3) is 0 Å². The van der Waals surface area contributed by atoms with Crippen LogP contribution >= 0.6 is 0 Å². The number of aliphatic hydroxyl groups excluding tert-OH is 1. The molecule has 0 radical (unpaired) electrons. The number of nitrogens with zero attached hydrogens (tertiary/aromatic N) is 1. The standard InChI is InChI=1S/C9H10F3NO/c10-9(11,12)7-3-4-8(13-6-7)2-1-5-14/h3-4,6,14H,1-2,5H2. The van der Waals surface area contributed by atoms with Gasteiger partial charge in [-0.2, -0.15) is 13.2 Å². The van der Waals surface area contributed by atoms with Gasteiger partial charge in [-0.25, -0.2) is 0 Å². The number of hydrogen-bond donors (Lipinski definition) is 1. The van der Waals surface area contributed by atoms with Gasteiger partial charge >= 0.3 is 6.18 Å². The molecule has 1 N–H and O–H groups in total. The van der Waals surface area contributed by atoms with E-state index < -0.39 is 11.7 Å². The van der Waals surface area contributed by atoms with Crippen LogP contribution in [0.25, 0.3) is 0 Å². The van der Waals surface area contributed by atoms with E-state index in [2.05, 4.69) is 4.98 Å². The van der Waals surface area contributed by atoms with Crippen molar-refractivity contribution in [1.29, 1.82) is 0 Å². The summed E-state index contributed by atoms with van der Waals surface area (Å²) in [4.78, 5) is 3.65. The normalized spacial score (nSPS) is 11.7. The van der Waals surface area contributed by atoms with E-state index in [0.29, 0.717) is 18.5 Å². The van der Waals surface area contributed by atoms with Gasteiger partial charge in [-0.05, 0) is 25.0 Å². The van der Waals surface area contributed by atoms with E-state index in [1.165, 1.54) is 6.07 Å². The number of pyridine rings is 1. The summed E-state index contributed by atoms with van der Waals surface area (Å²) in [5, 5.41) is 8.50. The van der Waals surface area contributed by atoms with Gasteiger partial charge in [0.15, 0.2) is 0 Å². The van der Waals surface area contributed by atoms with E-state index in [1.807, 2.05) is 0 Å². The van der Waals surface area contributed by atoms with E-state index in [4.69, 9.17) is 5.11 Å². The third-order valence-electron chi connectivity index (χ3n) is 1.74. The fourth-order valence-electron chi connectivity index (χ4n) is 1.00. The second-order valence-corrected chi connectivity index (χ2v) is 2.86. The Labute approximate surface area is 79.4 Å². The minimum atomic E-state index is -4.33. The van der Waals surface area contributed by atoms with Crippen LogP contribution in [0.1, 0.15) is 17.7 Å². The largest absolute Gasteiger partial charge is 0.417 e. The van der Waals surface area contributed by atoms with Crippen LogP contribution in [0.5, 0.6) is 0 Å². The summed E-state index contributed by atoms with van der Waals surface area (Å²) in [5.41, 5.74) is -0.183. The Morgan fingerprint density at radius 1 is 1.29 bits per heavy atom. The molecule has 0 aliphatic heterocycles. The van der Waals surface area contributed by atoms with Crippen molar-refractivity contribution in [3.05, 3.63) is 29.6 Å². The summed E-state index contributed by atoms with van der Waals surface area (Å²) in [6.07, 6.45) is -2.51. The molecule has 14 heavy (non-hydrogen) atoms. The number of rotatable bonds is 3. The highest BCUT2D eigenvalue weighted by molar-refractivity contribution is 5.16. The van der Waals surface area contributed by atoms with Crippen molar-refractivity contribution in [2.75, 3.05) is 6.61 Å². The lowest BCUT2D eigenvalue weighted by atomic mass is 10.2. The summed E-state index contributed by atoms with van der Waals surface area (Å²) in [6.45, 7) is 0.0166. The van der Waals surface area contributed by atoms with Crippen LogP contribution in [0, 0.1) is 0 Å². The SMILES string of the molecule is OCCCc1ccc(C(F)(F)F)cn1. The van der Waals surface area contributed by atoms with Crippen LogP contribution in [0.2, 0.25) is 0 Å². The maximum Gasteiger partial charge on any atom is 0.417 e. The van der Waals surface area contributed by atoms with E-state index in [-0.39, 0.29) is 6.61 Å². The van der Waals surface area contributed by atoms with Crippen molar-refractivity contribution in [2.45, 2.75) is 19.0 Å². The van der Waals surface area contributed by atoms with Gasteiger partial charge < -0.3 is 5.11 Å². The molecule has 0 saturated heterocycles. The number of aliphatic hydroxyl groups is 1. The molecule has 0 spiro atoms. The smallest absolute Gasteiger partial charge is 0.396 e. The van der Waals surface area contributed by atoms with E-state index in [1.54, 1.807) is 0 Å². The van der Waals surface area contributed by atoms with Gasteiger partial charge in [-0.1, -0.05) is 0 Å². The summed E-state index contributed by atoms with van der Waals surface area (Å²) >= 11 is 0. The quantitative estimate of drug-likeness (QED) is 0.818. The van der Waals surface area contributed by atoms with E-state index in [0.717, 1.165) is 12.3 Å². The Hall–Kier alpha value is -1.10. The van der Waals surface area contributed by atoms with Crippen LogP contribution < -0.4 is 0 Å². The molecule has 0 aliphatic rings. The molecule has 0 saturated carbocycles.